The Hall–Kier alpha value is -4.54. The van der Waals surface area contributed by atoms with Gasteiger partial charge < -0.3 is 14.8 Å². The lowest BCUT2D eigenvalue weighted by molar-refractivity contribution is 0.101. The van der Waals surface area contributed by atoms with Crippen molar-refractivity contribution in [3.8, 4) is 28.4 Å². The fourth-order valence-corrected chi connectivity index (χ4v) is 2.91. The summed E-state index contributed by atoms with van der Waals surface area (Å²) in [6.45, 7) is 0. The molecule has 0 aliphatic heterocycles. The quantitative estimate of drug-likeness (QED) is 0.489. The van der Waals surface area contributed by atoms with E-state index in [1.807, 2.05) is 0 Å². The molecule has 0 fully saturated rings. The van der Waals surface area contributed by atoms with Crippen LogP contribution in [0, 0.1) is 5.82 Å². The molecule has 2 heterocycles. The van der Waals surface area contributed by atoms with Crippen LogP contribution in [0.3, 0.4) is 0 Å². The lowest BCUT2D eigenvalue weighted by Gasteiger charge is -2.09. The molecule has 1 N–H and O–H groups in total. The van der Waals surface area contributed by atoms with E-state index < -0.39 is 22.8 Å². The number of hydrogen-bond donors (Lipinski definition) is 1. The van der Waals surface area contributed by atoms with Crippen LogP contribution < -0.4 is 20.2 Å². The number of aromatic nitrogens is 4. The first-order valence-electron chi connectivity index (χ1n) is 9.22. The minimum absolute atomic E-state index is 0.0133. The van der Waals surface area contributed by atoms with Gasteiger partial charge >= 0.3 is 0 Å². The average molecular weight is 437 g/mol. The standard InChI is InChI=1S/C21H16FN5O5/c1-30-16-8-3-12(11-17(16)31-2)18-20(26-32-25-18)23-21(29)19-15(28)9-10-27(24-19)14-6-4-13(22)5-7-14/h3-11H,1-2H3,(H,23,26,29). The van der Waals surface area contributed by atoms with Gasteiger partial charge in [-0.2, -0.15) is 5.10 Å². The minimum Gasteiger partial charge on any atom is -0.493 e. The van der Waals surface area contributed by atoms with E-state index in [-0.39, 0.29) is 11.5 Å². The van der Waals surface area contributed by atoms with E-state index in [2.05, 4.69) is 20.7 Å². The maximum Gasteiger partial charge on any atom is 0.281 e. The molecule has 0 bridgehead atoms. The molecular weight excluding hydrogens is 421 g/mol. The molecule has 0 radical (unpaired) electrons. The summed E-state index contributed by atoms with van der Waals surface area (Å²) in [5, 5.41) is 14.1. The van der Waals surface area contributed by atoms with Gasteiger partial charge in [-0.1, -0.05) is 0 Å². The molecule has 2 aromatic carbocycles. The molecule has 0 aliphatic carbocycles. The van der Waals surface area contributed by atoms with Crippen molar-refractivity contribution in [2.24, 2.45) is 0 Å². The van der Waals surface area contributed by atoms with E-state index in [0.717, 1.165) is 0 Å². The van der Waals surface area contributed by atoms with Crippen molar-refractivity contribution in [3.05, 3.63) is 76.5 Å². The Kier molecular flexibility index (Phi) is 5.62. The van der Waals surface area contributed by atoms with Gasteiger partial charge in [-0.25, -0.2) is 13.7 Å². The fraction of sp³-hybridized carbons (Fsp3) is 0.0952. The van der Waals surface area contributed by atoms with Crippen molar-refractivity contribution in [1.82, 2.24) is 20.1 Å². The zero-order valence-corrected chi connectivity index (χ0v) is 16.9. The molecule has 10 nitrogen and oxygen atoms in total. The van der Waals surface area contributed by atoms with Gasteiger partial charge in [0.1, 0.15) is 5.82 Å². The number of amides is 1. The third kappa shape index (κ3) is 4.03. The molecule has 0 aliphatic rings. The Bertz CT molecular complexity index is 1330. The van der Waals surface area contributed by atoms with Crippen molar-refractivity contribution < 1.29 is 23.3 Å². The highest BCUT2D eigenvalue weighted by atomic mass is 19.1. The van der Waals surface area contributed by atoms with Crippen LogP contribution >= 0.6 is 0 Å². The number of benzene rings is 2. The molecule has 0 unspecified atom stereocenters. The molecule has 162 valence electrons. The van der Waals surface area contributed by atoms with Crippen LogP contribution in [-0.4, -0.2) is 40.2 Å². The second-order valence-corrected chi connectivity index (χ2v) is 6.43. The van der Waals surface area contributed by atoms with Gasteiger partial charge in [0.25, 0.3) is 5.91 Å². The van der Waals surface area contributed by atoms with Gasteiger partial charge in [-0.15, -0.1) is 0 Å². The summed E-state index contributed by atoms with van der Waals surface area (Å²) in [5.74, 6) is -0.302. The van der Waals surface area contributed by atoms with E-state index in [1.54, 1.807) is 18.2 Å². The monoisotopic (exact) mass is 437 g/mol. The number of nitrogens with zero attached hydrogens (tertiary/aromatic N) is 4. The number of ether oxygens (including phenoxy) is 2. The highest BCUT2D eigenvalue weighted by molar-refractivity contribution is 6.03. The fourth-order valence-electron chi connectivity index (χ4n) is 2.91. The smallest absolute Gasteiger partial charge is 0.281 e. The predicted molar refractivity (Wildman–Crippen MR) is 111 cm³/mol. The SMILES string of the molecule is COc1ccc(-c2nonc2NC(=O)c2nn(-c3ccc(F)cc3)ccc2=O)cc1OC. The predicted octanol–water partition coefficient (Wildman–Crippen LogP) is 2.69. The normalized spacial score (nSPS) is 10.6. The Balaban J connectivity index is 1.64. The van der Waals surface area contributed by atoms with E-state index in [9.17, 15) is 14.0 Å². The largest absolute Gasteiger partial charge is 0.493 e. The number of nitrogens with one attached hydrogen (secondary N) is 1. The van der Waals surface area contributed by atoms with Crippen LogP contribution in [0.15, 0.2) is 64.2 Å². The first-order valence-corrected chi connectivity index (χ1v) is 9.22. The van der Waals surface area contributed by atoms with Crippen molar-refractivity contribution in [3.63, 3.8) is 0 Å². The summed E-state index contributed by atoms with van der Waals surface area (Å²) in [5.41, 5.74) is 0.218. The van der Waals surface area contributed by atoms with Gasteiger partial charge in [0.05, 0.1) is 19.9 Å². The van der Waals surface area contributed by atoms with Gasteiger partial charge in [0, 0.05) is 17.8 Å². The van der Waals surface area contributed by atoms with Crippen LogP contribution in [0.25, 0.3) is 16.9 Å². The zero-order valence-electron chi connectivity index (χ0n) is 16.9. The number of halogens is 1. The molecule has 2 aromatic heterocycles. The first kappa shape index (κ1) is 20.7. The Morgan fingerprint density at radius 2 is 1.78 bits per heavy atom. The van der Waals surface area contributed by atoms with E-state index in [0.29, 0.717) is 22.7 Å². The number of carbonyl (C=O) groups is 1. The molecule has 0 atom stereocenters. The lowest BCUT2D eigenvalue weighted by atomic mass is 10.1. The summed E-state index contributed by atoms with van der Waals surface area (Å²) in [6, 6.07) is 11.6. The summed E-state index contributed by atoms with van der Waals surface area (Å²) in [7, 11) is 2.99. The van der Waals surface area contributed by atoms with E-state index in [4.69, 9.17) is 14.1 Å². The van der Waals surface area contributed by atoms with Crippen LogP contribution in [0.1, 0.15) is 10.5 Å². The highest BCUT2D eigenvalue weighted by Gasteiger charge is 2.20. The van der Waals surface area contributed by atoms with Gasteiger partial charge in [0.15, 0.2) is 22.9 Å². The maximum atomic E-state index is 13.2. The summed E-state index contributed by atoms with van der Waals surface area (Å²) >= 11 is 0. The number of carbonyl (C=O) groups excluding carboxylic acids is 1. The maximum absolute atomic E-state index is 13.2. The van der Waals surface area contributed by atoms with Gasteiger partial charge in [-0.05, 0) is 52.8 Å². The third-order valence-corrected chi connectivity index (χ3v) is 4.49. The second kappa shape index (κ2) is 8.68. The van der Waals surface area contributed by atoms with Gasteiger partial charge in [-0.3, -0.25) is 9.59 Å². The number of rotatable bonds is 6. The van der Waals surface area contributed by atoms with Crippen LogP contribution in [0.2, 0.25) is 0 Å². The van der Waals surface area contributed by atoms with Crippen molar-refractivity contribution in [1.29, 1.82) is 0 Å². The molecule has 0 saturated carbocycles. The van der Waals surface area contributed by atoms with Crippen LogP contribution in [0.4, 0.5) is 10.2 Å². The first-order chi connectivity index (χ1) is 15.5. The lowest BCUT2D eigenvalue weighted by Crippen LogP contribution is -2.25. The molecule has 4 aromatic rings. The highest BCUT2D eigenvalue weighted by Crippen LogP contribution is 2.33. The zero-order chi connectivity index (χ0) is 22.7. The van der Waals surface area contributed by atoms with Gasteiger partial charge in [0.2, 0.25) is 11.2 Å². The molecule has 32 heavy (non-hydrogen) atoms. The molecular formula is C21H16FN5O5. The Morgan fingerprint density at radius 1 is 1.03 bits per heavy atom. The second-order valence-electron chi connectivity index (χ2n) is 6.43. The molecule has 0 spiro atoms. The van der Waals surface area contributed by atoms with Crippen LogP contribution in [-0.2, 0) is 0 Å². The number of hydrogen-bond acceptors (Lipinski definition) is 8. The topological polar surface area (TPSA) is 121 Å². The average Bonchev–Trinajstić information content (AvgIpc) is 3.27. The van der Waals surface area contributed by atoms with Crippen molar-refractivity contribution in [2.75, 3.05) is 19.5 Å². The molecule has 11 heteroatoms. The minimum atomic E-state index is -0.816. The van der Waals surface area contributed by atoms with E-state index >= 15 is 0 Å². The van der Waals surface area contributed by atoms with Crippen molar-refractivity contribution >= 4 is 11.7 Å². The van der Waals surface area contributed by atoms with E-state index in [1.165, 1.54) is 55.4 Å². The van der Waals surface area contributed by atoms with Crippen LogP contribution in [0.5, 0.6) is 11.5 Å². The Labute approximate surface area is 180 Å². The molecule has 4 rings (SSSR count). The summed E-state index contributed by atoms with van der Waals surface area (Å²) < 4.78 is 29.7. The molecule has 1 amide bonds. The molecule has 0 saturated heterocycles. The Morgan fingerprint density at radius 3 is 2.50 bits per heavy atom. The summed E-state index contributed by atoms with van der Waals surface area (Å²) in [6.07, 6.45) is 1.37. The van der Waals surface area contributed by atoms with Crippen molar-refractivity contribution in [2.45, 2.75) is 0 Å². The summed E-state index contributed by atoms with van der Waals surface area (Å²) in [4.78, 5) is 25.0. The number of methoxy groups -OCH3 is 2. The third-order valence-electron chi connectivity index (χ3n) is 4.49. The number of anilines is 1.